The van der Waals surface area contributed by atoms with Gasteiger partial charge in [-0.2, -0.15) is 0 Å². The van der Waals surface area contributed by atoms with Gasteiger partial charge in [0, 0.05) is 6.42 Å². The number of amides is 1. The van der Waals surface area contributed by atoms with Crippen molar-refractivity contribution in [1.82, 2.24) is 5.32 Å². The first kappa shape index (κ1) is 58.3. The predicted octanol–water partition coefficient (Wildman–Crippen LogP) is 15.4. The summed E-state index contributed by atoms with van der Waals surface area (Å²) in [5.41, 5.74) is 0. The number of allylic oxidation sites excluding steroid dienone is 12. The molecule has 0 saturated carbocycles. The second-order valence-electron chi connectivity index (χ2n) is 17.2. The van der Waals surface area contributed by atoms with Crippen molar-refractivity contribution in [1.29, 1.82) is 0 Å². The molecular formula is C55H97NO5. The van der Waals surface area contributed by atoms with E-state index in [2.05, 4.69) is 99.0 Å². The maximum absolute atomic E-state index is 13.2. The third-order valence-electron chi connectivity index (χ3n) is 11.3. The van der Waals surface area contributed by atoms with Gasteiger partial charge in [-0.1, -0.05) is 209 Å². The van der Waals surface area contributed by atoms with Gasteiger partial charge in [0.25, 0.3) is 0 Å². The number of aliphatic hydroxyl groups excluding tert-OH is 2. The van der Waals surface area contributed by atoms with Crippen molar-refractivity contribution < 1.29 is 24.5 Å². The molecule has 3 atom stereocenters. The number of unbranched alkanes of at least 4 members (excludes halogenated alkanes) is 21. The van der Waals surface area contributed by atoms with E-state index in [1.807, 2.05) is 0 Å². The molecule has 0 aromatic carbocycles. The summed E-state index contributed by atoms with van der Waals surface area (Å²) in [6, 6.07) is -0.721. The lowest BCUT2D eigenvalue weighted by Gasteiger charge is -2.24. The molecule has 3 N–H and O–H groups in total. The third kappa shape index (κ3) is 43.7. The van der Waals surface area contributed by atoms with E-state index in [-0.39, 0.29) is 24.9 Å². The van der Waals surface area contributed by atoms with Crippen LogP contribution in [0.5, 0.6) is 0 Å². The molecule has 6 heteroatoms. The van der Waals surface area contributed by atoms with Gasteiger partial charge in [0.2, 0.25) is 5.91 Å². The van der Waals surface area contributed by atoms with Crippen molar-refractivity contribution in [2.75, 3.05) is 6.61 Å². The van der Waals surface area contributed by atoms with E-state index in [0.29, 0.717) is 19.3 Å². The van der Waals surface area contributed by atoms with Crippen LogP contribution in [-0.2, 0) is 14.3 Å². The van der Waals surface area contributed by atoms with E-state index in [9.17, 15) is 19.8 Å². The van der Waals surface area contributed by atoms with Gasteiger partial charge >= 0.3 is 5.97 Å². The molecule has 0 aliphatic carbocycles. The van der Waals surface area contributed by atoms with E-state index in [4.69, 9.17) is 4.74 Å². The molecule has 0 aromatic rings. The molecule has 0 aliphatic heterocycles. The molecule has 1 amide bonds. The average Bonchev–Trinajstić information content (AvgIpc) is 3.25. The minimum absolute atomic E-state index is 0.0357. The number of hydrogen-bond donors (Lipinski definition) is 3. The molecule has 6 nitrogen and oxygen atoms in total. The number of rotatable bonds is 45. The van der Waals surface area contributed by atoms with Gasteiger partial charge in [0.05, 0.1) is 25.2 Å². The maximum Gasteiger partial charge on any atom is 0.306 e. The lowest BCUT2D eigenvalue weighted by atomic mass is 10.0. The van der Waals surface area contributed by atoms with Crippen LogP contribution < -0.4 is 5.32 Å². The molecule has 0 aromatic heterocycles. The fourth-order valence-electron chi connectivity index (χ4n) is 7.40. The Morgan fingerprint density at radius 2 is 0.902 bits per heavy atom. The Balaban J connectivity index is 4.61. The summed E-state index contributed by atoms with van der Waals surface area (Å²) in [5.74, 6) is -0.536. The maximum atomic E-state index is 13.2. The molecule has 61 heavy (non-hydrogen) atoms. The fourth-order valence-corrected chi connectivity index (χ4v) is 7.40. The smallest absolute Gasteiger partial charge is 0.306 e. The van der Waals surface area contributed by atoms with Crippen LogP contribution in [0.25, 0.3) is 0 Å². The molecule has 0 heterocycles. The van der Waals surface area contributed by atoms with E-state index >= 15 is 0 Å². The number of ether oxygens (including phenoxy) is 1. The van der Waals surface area contributed by atoms with Gasteiger partial charge in [-0.05, 0) is 89.9 Å². The van der Waals surface area contributed by atoms with Gasteiger partial charge in [-0.15, -0.1) is 0 Å². The standard InChI is InChI=1S/C55H97NO5/c1-4-7-10-13-16-19-21-23-25-26-27-28-29-31-33-36-39-42-45-48-55(60)61-51(46-43-40-37-35-32-30-24-22-20-17-14-11-8-5-2)49-54(59)56-52(50-57)53(58)47-44-41-38-34-18-15-12-9-6-3/h8,11,16-17,19-20,23-25,30,35,37,51-53,57-58H,4-7,9-10,12-15,18,21-22,26-29,31-34,36,38-50H2,1-3H3,(H,56,59)/b11-8+,19-16-,20-17+,25-23-,30-24+,37-35+. The highest BCUT2D eigenvalue weighted by molar-refractivity contribution is 5.77. The van der Waals surface area contributed by atoms with Crippen molar-refractivity contribution in [3.05, 3.63) is 72.9 Å². The van der Waals surface area contributed by atoms with Gasteiger partial charge in [0.1, 0.15) is 6.10 Å². The SMILES string of the molecule is CC/C=C/C/C=C/C/C=C/C/C=C/CCCC(CC(=O)NC(CO)C(O)CCCCCCCCCCC)OC(=O)CCCCCCCCCCC/C=C\C/C=C\CCCCC. The molecule has 0 spiro atoms. The van der Waals surface area contributed by atoms with Gasteiger partial charge in [0.15, 0.2) is 0 Å². The zero-order valence-electron chi connectivity index (χ0n) is 40.0. The van der Waals surface area contributed by atoms with Crippen LogP contribution in [0, 0.1) is 0 Å². The number of esters is 1. The van der Waals surface area contributed by atoms with Crippen LogP contribution >= 0.6 is 0 Å². The van der Waals surface area contributed by atoms with Crippen LogP contribution in [-0.4, -0.2) is 46.9 Å². The van der Waals surface area contributed by atoms with E-state index in [0.717, 1.165) is 83.5 Å². The van der Waals surface area contributed by atoms with Gasteiger partial charge < -0.3 is 20.3 Å². The fraction of sp³-hybridized carbons (Fsp3) is 0.745. The first-order valence-electron chi connectivity index (χ1n) is 25.7. The van der Waals surface area contributed by atoms with Crippen molar-refractivity contribution >= 4 is 11.9 Å². The first-order chi connectivity index (χ1) is 30.0. The molecule has 352 valence electrons. The monoisotopic (exact) mass is 852 g/mol. The normalized spacial score (nSPS) is 13.9. The molecule has 0 fully saturated rings. The quantitative estimate of drug-likeness (QED) is 0.0322. The molecule has 0 aliphatic rings. The summed E-state index contributed by atoms with van der Waals surface area (Å²) in [7, 11) is 0. The average molecular weight is 852 g/mol. The zero-order chi connectivity index (χ0) is 44.5. The minimum atomic E-state index is -0.803. The Morgan fingerprint density at radius 3 is 1.41 bits per heavy atom. The molecule has 0 saturated heterocycles. The number of aliphatic hydroxyl groups is 2. The Hall–Kier alpha value is -2.70. The number of nitrogens with one attached hydrogen (secondary N) is 1. The summed E-state index contributed by atoms with van der Waals surface area (Å²) in [5, 5.41) is 23.6. The van der Waals surface area contributed by atoms with E-state index < -0.39 is 18.2 Å². The van der Waals surface area contributed by atoms with Crippen LogP contribution in [0.4, 0.5) is 0 Å². The zero-order valence-corrected chi connectivity index (χ0v) is 40.0. The summed E-state index contributed by atoms with van der Waals surface area (Å²) in [6.45, 7) is 6.30. The van der Waals surface area contributed by atoms with E-state index in [1.54, 1.807) is 0 Å². The van der Waals surface area contributed by atoms with Crippen LogP contribution in [0.15, 0.2) is 72.9 Å². The Kier molecular flexibility index (Phi) is 46.2. The number of carbonyl (C=O) groups excluding carboxylic acids is 2. The van der Waals surface area contributed by atoms with Crippen LogP contribution in [0.3, 0.4) is 0 Å². The minimum Gasteiger partial charge on any atom is -0.462 e. The Bertz CT molecular complexity index is 1140. The van der Waals surface area contributed by atoms with Gasteiger partial charge in [-0.3, -0.25) is 9.59 Å². The second kappa shape index (κ2) is 48.3. The summed E-state index contributed by atoms with van der Waals surface area (Å²) in [6.07, 6.45) is 61.1. The molecule has 3 unspecified atom stereocenters. The lowest BCUT2D eigenvalue weighted by Crippen LogP contribution is -2.46. The van der Waals surface area contributed by atoms with Crippen molar-refractivity contribution in [3.8, 4) is 0 Å². The molecular weight excluding hydrogens is 755 g/mol. The van der Waals surface area contributed by atoms with Crippen molar-refractivity contribution in [3.63, 3.8) is 0 Å². The summed E-state index contributed by atoms with van der Waals surface area (Å²) >= 11 is 0. The van der Waals surface area contributed by atoms with E-state index in [1.165, 1.54) is 109 Å². The van der Waals surface area contributed by atoms with Crippen LogP contribution in [0.2, 0.25) is 0 Å². The Morgan fingerprint density at radius 1 is 0.492 bits per heavy atom. The highest BCUT2D eigenvalue weighted by Crippen LogP contribution is 2.17. The Labute approximate surface area is 377 Å². The molecule has 0 radical (unpaired) electrons. The largest absolute Gasteiger partial charge is 0.462 e. The number of carbonyl (C=O) groups is 2. The topological polar surface area (TPSA) is 95.9 Å². The lowest BCUT2D eigenvalue weighted by molar-refractivity contribution is -0.151. The number of hydrogen-bond acceptors (Lipinski definition) is 5. The summed E-state index contributed by atoms with van der Waals surface area (Å²) in [4.78, 5) is 26.1. The third-order valence-corrected chi connectivity index (χ3v) is 11.3. The summed E-state index contributed by atoms with van der Waals surface area (Å²) < 4.78 is 5.90. The van der Waals surface area contributed by atoms with Crippen LogP contribution in [0.1, 0.15) is 239 Å². The highest BCUT2D eigenvalue weighted by atomic mass is 16.5. The predicted molar refractivity (Wildman–Crippen MR) is 264 cm³/mol. The van der Waals surface area contributed by atoms with Crippen molar-refractivity contribution in [2.45, 2.75) is 257 Å². The molecule has 0 bridgehead atoms. The molecule has 0 rings (SSSR count). The van der Waals surface area contributed by atoms with Gasteiger partial charge in [-0.25, -0.2) is 0 Å². The highest BCUT2D eigenvalue weighted by Gasteiger charge is 2.24. The second-order valence-corrected chi connectivity index (χ2v) is 17.2. The first-order valence-corrected chi connectivity index (χ1v) is 25.7. The van der Waals surface area contributed by atoms with Crippen molar-refractivity contribution in [2.24, 2.45) is 0 Å².